The normalized spacial score (nSPS) is 5.80. The monoisotopic (exact) mass is 341 g/mol. The van der Waals surface area contributed by atoms with Crippen LogP contribution in [0.15, 0.2) is 0 Å². The molecule has 10 heavy (non-hydrogen) atoms. The van der Waals surface area contributed by atoms with E-state index < -0.39 is 10.4 Å². The van der Waals surface area contributed by atoms with E-state index in [0.29, 0.717) is 0 Å². The second-order valence-electron chi connectivity index (χ2n) is 0.408. The number of rotatable bonds is 0. The second kappa shape index (κ2) is 17.6. The van der Waals surface area contributed by atoms with Gasteiger partial charge in [0.15, 0.2) is 0 Å². The van der Waals surface area contributed by atoms with Crippen molar-refractivity contribution in [3.05, 3.63) is 0 Å². The van der Waals surface area contributed by atoms with Crippen LogP contribution in [0.4, 0.5) is 0 Å². The van der Waals surface area contributed by atoms with Crippen LogP contribution in [0.25, 0.3) is 0 Å². The van der Waals surface area contributed by atoms with Crippen LogP contribution in [0.3, 0.4) is 0 Å². The molecule has 0 unspecified atom stereocenters. The Morgan fingerprint density at radius 3 is 1.00 bits per heavy atom. The third-order valence-electron chi connectivity index (χ3n) is 0. The smallest absolute Gasteiger partial charge is 2.00 e. The van der Waals surface area contributed by atoms with E-state index in [2.05, 4.69) is 0 Å². The van der Waals surface area contributed by atoms with E-state index in [-0.39, 0.29) is 98.9 Å². The van der Waals surface area contributed by atoms with Crippen LogP contribution in [0.5, 0.6) is 0 Å². The Kier molecular flexibility index (Phi) is 68.6. The molecule has 0 aromatic heterocycles. The second-order valence-corrected chi connectivity index (χ2v) is 1.22. The van der Waals surface area contributed by atoms with Crippen LogP contribution in [0, 0.1) is 0 Å². The van der Waals surface area contributed by atoms with Crippen molar-refractivity contribution in [3.63, 3.8) is 0 Å². The van der Waals surface area contributed by atoms with E-state index in [1.165, 1.54) is 0 Å². The van der Waals surface area contributed by atoms with Crippen LogP contribution < -0.4 is 0 Å². The molecule has 0 aliphatic heterocycles. The number of hydrogen-bond donors (Lipinski definition) is 0. The largest absolute Gasteiger partial charge is 4.00 e. The average molecular weight is 340 g/mol. The summed E-state index contributed by atoms with van der Waals surface area (Å²) in [4.78, 5) is 0. The van der Waals surface area contributed by atoms with Gasteiger partial charge in [-0.3, -0.25) is 8.42 Å². The SMILES string of the molecule is O=S(=O)([O-])[O-].[Al+3].[Ba+2].[O-2].[O-2].[Ti+4]. The summed E-state index contributed by atoms with van der Waals surface area (Å²) in [6, 6.07) is 0. The van der Waals surface area contributed by atoms with Crippen LogP contribution >= 0.6 is 0 Å². The molecule has 0 atom stereocenters. The molecule has 0 amide bonds. The summed E-state index contributed by atoms with van der Waals surface area (Å²) < 4.78 is 34.1. The van der Waals surface area contributed by atoms with E-state index in [1.54, 1.807) is 0 Å². The molecule has 0 radical (unpaired) electrons. The summed E-state index contributed by atoms with van der Waals surface area (Å²) in [5.41, 5.74) is 0. The zero-order valence-electron chi connectivity index (χ0n) is 4.64. The molecule has 0 aliphatic rings. The topological polar surface area (TPSA) is 137 Å². The van der Waals surface area contributed by atoms with E-state index >= 15 is 0 Å². The first kappa shape index (κ1) is 38.9. The van der Waals surface area contributed by atoms with E-state index in [4.69, 9.17) is 17.5 Å². The van der Waals surface area contributed by atoms with Gasteiger partial charge in [0.25, 0.3) is 0 Å². The molecule has 48 valence electrons. The predicted molar refractivity (Wildman–Crippen MR) is 23.4 cm³/mol. The van der Waals surface area contributed by atoms with Crippen molar-refractivity contribution < 1.29 is 50.2 Å². The van der Waals surface area contributed by atoms with E-state index in [9.17, 15) is 0 Å². The first-order chi connectivity index (χ1) is 2.00. The minimum absolute atomic E-state index is 0. The van der Waals surface area contributed by atoms with Crippen molar-refractivity contribution in [1.29, 1.82) is 0 Å². The zero-order chi connectivity index (χ0) is 4.50. The molecular weight excluding hydrogens is 340 g/mol. The van der Waals surface area contributed by atoms with Gasteiger partial charge in [-0.2, -0.15) is 0 Å². The molecule has 0 aromatic carbocycles. The minimum Gasteiger partial charge on any atom is -2.00 e. The molecule has 0 aromatic rings. The van der Waals surface area contributed by atoms with Crippen molar-refractivity contribution in [1.82, 2.24) is 0 Å². The summed E-state index contributed by atoms with van der Waals surface area (Å²) in [5, 5.41) is 0. The van der Waals surface area contributed by atoms with Gasteiger partial charge in [0.05, 0.1) is 0 Å². The maximum Gasteiger partial charge on any atom is 4.00 e. The molecule has 0 saturated carbocycles. The fourth-order valence-electron chi connectivity index (χ4n) is 0. The molecule has 0 bridgehead atoms. The van der Waals surface area contributed by atoms with Crippen molar-refractivity contribution in [2.75, 3.05) is 0 Å². The quantitative estimate of drug-likeness (QED) is 0.277. The molecule has 0 heterocycles. The van der Waals surface area contributed by atoms with E-state index in [1.807, 2.05) is 0 Å². The Balaban J connectivity index is -0.00000000800. The summed E-state index contributed by atoms with van der Waals surface area (Å²) in [5.74, 6) is 0. The third-order valence-corrected chi connectivity index (χ3v) is 0. The van der Waals surface area contributed by atoms with Gasteiger partial charge in [-0.25, -0.2) is 0 Å². The molecule has 0 rings (SSSR count). The maximum absolute atomic E-state index is 8.52. The molecule has 0 fully saturated rings. The Bertz CT molecular complexity index is 101. The molecule has 0 N–H and O–H groups in total. The van der Waals surface area contributed by atoms with Crippen molar-refractivity contribution in [2.45, 2.75) is 0 Å². The van der Waals surface area contributed by atoms with Crippen LogP contribution in [0.2, 0.25) is 0 Å². The standard InChI is InChI=1S/Al.Ba.H2O4S.2O.Ti/c;;1-5(2,3)4;;;/h;;(H2,1,2,3,4);;;/q+3;+2;;2*-2;+4/p-2. The summed E-state index contributed by atoms with van der Waals surface area (Å²) in [7, 11) is -5.17. The van der Waals surface area contributed by atoms with E-state index in [0.717, 1.165) is 0 Å². The van der Waals surface area contributed by atoms with Crippen LogP contribution in [-0.2, 0) is 43.1 Å². The first-order valence-corrected chi connectivity index (χ1v) is 2.00. The van der Waals surface area contributed by atoms with Crippen LogP contribution in [-0.4, -0.2) is 83.8 Å². The van der Waals surface area contributed by atoms with Gasteiger partial charge in [-0.15, -0.1) is 0 Å². The Morgan fingerprint density at radius 2 is 1.00 bits per heavy atom. The van der Waals surface area contributed by atoms with Gasteiger partial charge < -0.3 is 20.1 Å². The van der Waals surface area contributed by atoms with Crippen molar-refractivity contribution >= 4 is 76.6 Å². The summed E-state index contributed by atoms with van der Waals surface area (Å²) in [6.45, 7) is 0. The van der Waals surface area contributed by atoms with Crippen LogP contribution in [0.1, 0.15) is 0 Å². The first-order valence-electron chi connectivity index (χ1n) is 0.667. The number of hydrogen-bond acceptors (Lipinski definition) is 4. The molecule has 10 heteroatoms. The minimum atomic E-state index is -5.17. The maximum atomic E-state index is 8.52. The molecular formula is AlBaO6STi+3. The molecule has 0 aliphatic carbocycles. The van der Waals surface area contributed by atoms with Crippen molar-refractivity contribution in [3.8, 4) is 0 Å². The fourth-order valence-corrected chi connectivity index (χ4v) is 0. The van der Waals surface area contributed by atoms with Gasteiger partial charge in [-0.1, -0.05) is 0 Å². The zero-order valence-corrected chi connectivity index (χ0v) is 12.6. The Labute approximate surface area is 124 Å². The molecule has 6 nitrogen and oxygen atoms in total. The Morgan fingerprint density at radius 1 is 1.00 bits per heavy atom. The average Bonchev–Trinajstić information content (AvgIpc) is 0.722. The van der Waals surface area contributed by atoms with Gasteiger partial charge in [0.2, 0.25) is 0 Å². The third kappa shape index (κ3) is 144. The predicted octanol–water partition coefficient (Wildman–Crippen LogP) is -2.34. The van der Waals surface area contributed by atoms with Gasteiger partial charge in [0.1, 0.15) is 0 Å². The summed E-state index contributed by atoms with van der Waals surface area (Å²) in [6.07, 6.45) is 0. The van der Waals surface area contributed by atoms with Crippen molar-refractivity contribution in [2.24, 2.45) is 0 Å². The Hall–Kier alpha value is 2.61. The van der Waals surface area contributed by atoms with Gasteiger partial charge in [-0.05, 0) is 0 Å². The van der Waals surface area contributed by atoms with Gasteiger partial charge >= 0.3 is 88.0 Å². The fraction of sp³-hybridized carbons (Fsp3) is 0. The molecule has 0 spiro atoms. The van der Waals surface area contributed by atoms with Gasteiger partial charge in [0, 0.05) is 10.4 Å². The molecule has 0 saturated heterocycles. The summed E-state index contributed by atoms with van der Waals surface area (Å²) >= 11 is 0.